The van der Waals surface area contributed by atoms with Crippen molar-refractivity contribution in [3.05, 3.63) is 56.4 Å². The summed E-state index contributed by atoms with van der Waals surface area (Å²) < 4.78 is 2.82. The van der Waals surface area contributed by atoms with Gasteiger partial charge in [0.2, 0.25) is 0 Å². The van der Waals surface area contributed by atoms with Crippen LogP contribution in [0.5, 0.6) is 0 Å². The van der Waals surface area contributed by atoms with Crippen LogP contribution in [0.2, 0.25) is 10.0 Å². The molecule has 0 aliphatic carbocycles. The largest absolute Gasteiger partial charge is 0.308 e. The van der Waals surface area contributed by atoms with Crippen LogP contribution in [-0.4, -0.2) is 14.5 Å². The maximum Gasteiger partial charge on any atom is 0.161 e. The zero-order chi connectivity index (χ0) is 14.3. The van der Waals surface area contributed by atoms with Crippen molar-refractivity contribution < 1.29 is 0 Å². The van der Waals surface area contributed by atoms with Gasteiger partial charge in [-0.1, -0.05) is 29.3 Å². The maximum atomic E-state index is 6.23. The number of nitrogens with zero attached hydrogens (tertiary/aromatic N) is 3. The molecule has 3 rings (SSSR count). The van der Waals surface area contributed by atoms with Gasteiger partial charge in [0, 0.05) is 10.0 Å². The molecule has 20 heavy (non-hydrogen) atoms. The predicted molar refractivity (Wildman–Crippen MR) is 85.5 cm³/mol. The Bertz CT molecular complexity index is 798. The van der Waals surface area contributed by atoms with E-state index in [2.05, 4.69) is 25.9 Å². The number of imidazole rings is 1. The summed E-state index contributed by atoms with van der Waals surface area (Å²) in [6.07, 6.45) is 0. The quantitative estimate of drug-likeness (QED) is 0.603. The minimum absolute atomic E-state index is 0.613. The van der Waals surface area contributed by atoms with Gasteiger partial charge in [-0.3, -0.25) is 0 Å². The first-order valence-electron chi connectivity index (χ1n) is 5.98. The Hall–Kier alpha value is -1.10. The van der Waals surface area contributed by atoms with Gasteiger partial charge in [-0.05, 0) is 52.7 Å². The highest BCUT2D eigenvalue weighted by Crippen LogP contribution is 2.24. The molecule has 0 aliphatic heterocycles. The first-order chi connectivity index (χ1) is 9.54. The van der Waals surface area contributed by atoms with Crippen LogP contribution in [0.1, 0.15) is 11.4 Å². The number of pyridine rings is 1. The fourth-order valence-corrected chi connectivity index (χ4v) is 2.87. The summed E-state index contributed by atoms with van der Waals surface area (Å²) in [5.74, 6) is 0.900. The van der Waals surface area contributed by atoms with Crippen LogP contribution in [0.15, 0.2) is 34.9 Å². The molecule has 2 aromatic heterocycles. The van der Waals surface area contributed by atoms with Crippen molar-refractivity contribution in [3.8, 4) is 0 Å². The van der Waals surface area contributed by atoms with E-state index in [1.807, 2.05) is 35.8 Å². The van der Waals surface area contributed by atoms with Crippen LogP contribution in [0, 0.1) is 6.92 Å². The average molecular weight is 371 g/mol. The summed E-state index contributed by atoms with van der Waals surface area (Å²) in [5.41, 5.74) is 2.69. The number of rotatable bonds is 2. The second kappa shape index (κ2) is 5.35. The van der Waals surface area contributed by atoms with Gasteiger partial charge in [0.25, 0.3) is 0 Å². The Morgan fingerprint density at radius 3 is 2.70 bits per heavy atom. The Kier molecular flexibility index (Phi) is 3.71. The molecule has 0 unspecified atom stereocenters. The molecule has 0 fully saturated rings. The van der Waals surface area contributed by atoms with E-state index < -0.39 is 0 Å². The fourth-order valence-electron chi connectivity index (χ4n) is 2.10. The highest BCUT2D eigenvalue weighted by Gasteiger charge is 2.11. The lowest BCUT2D eigenvalue weighted by atomic mass is 10.2. The Morgan fingerprint density at radius 1 is 1.15 bits per heavy atom. The molecule has 2 heterocycles. The van der Waals surface area contributed by atoms with E-state index >= 15 is 0 Å². The molecule has 3 nitrogen and oxygen atoms in total. The van der Waals surface area contributed by atoms with E-state index in [-0.39, 0.29) is 0 Å². The van der Waals surface area contributed by atoms with E-state index in [1.54, 1.807) is 6.07 Å². The van der Waals surface area contributed by atoms with Crippen LogP contribution in [0.4, 0.5) is 0 Å². The molecule has 0 amide bonds. The Balaban J connectivity index is 2.10. The standard InChI is InChI=1S/C14H10BrCl2N3/c1-8-18-12-4-5-13(15)19-14(12)20(8)7-9-2-3-10(16)6-11(9)17/h2-6H,7H2,1H3. The van der Waals surface area contributed by atoms with Gasteiger partial charge in [-0.15, -0.1) is 0 Å². The smallest absolute Gasteiger partial charge is 0.161 e. The number of fused-ring (bicyclic) bond motifs is 1. The molecule has 1 aromatic carbocycles. The van der Waals surface area contributed by atoms with Gasteiger partial charge in [-0.2, -0.15) is 0 Å². The van der Waals surface area contributed by atoms with Crippen LogP contribution in [0.25, 0.3) is 11.2 Å². The summed E-state index contributed by atoms with van der Waals surface area (Å²) in [5, 5.41) is 1.28. The molecule has 0 radical (unpaired) electrons. The van der Waals surface area contributed by atoms with Crippen molar-refractivity contribution in [2.24, 2.45) is 0 Å². The normalized spacial score (nSPS) is 11.2. The zero-order valence-electron chi connectivity index (χ0n) is 10.6. The van der Waals surface area contributed by atoms with Crippen molar-refractivity contribution in [1.82, 2.24) is 14.5 Å². The third kappa shape index (κ3) is 2.55. The van der Waals surface area contributed by atoms with E-state index in [0.717, 1.165) is 27.2 Å². The summed E-state index contributed by atoms with van der Waals surface area (Å²) >= 11 is 15.5. The number of hydrogen-bond acceptors (Lipinski definition) is 2. The second-order valence-corrected chi connectivity index (χ2v) is 6.11. The van der Waals surface area contributed by atoms with Crippen LogP contribution in [-0.2, 0) is 6.54 Å². The van der Waals surface area contributed by atoms with Crippen LogP contribution >= 0.6 is 39.1 Å². The molecule has 3 aromatic rings. The molecule has 0 saturated carbocycles. The fraction of sp³-hybridized carbons (Fsp3) is 0.143. The van der Waals surface area contributed by atoms with Crippen molar-refractivity contribution >= 4 is 50.3 Å². The molecule has 102 valence electrons. The average Bonchev–Trinajstić information content (AvgIpc) is 2.69. The van der Waals surface area contributed by atoms with Crippen LogP contribution in [0.3, 0.4) is 0 Å². The number of aryl methyl sites for hydroxylation is 1. The monoisotopic (exact) mass is 369 g/mol. The SMILES string of the molecule is Cc1nc2ccc(Br)nc2n1Cc1ccc(Cl)cc1Cl. The first-order valence-corrected chi connectivity index (χ1v) is 7.53. The molecule has 0 saturated heterocycles. The van der Waals surface area contributed by atoms with Gasteiger partial charge in [-0.25, -0.2) is 9.97 Å². The molecule has 0 aliphatic rings. The lowest BCUT2D eigenvalue weighted by molar-refractivity contribution is 0.777. The Labute approximate surface area is 134 Å². The lowest BCUT2D eigenvalue weighted by Crippen LogP contribution is -2.03. The highest BCUT2D eigenvalue weighted by atomic mass is 79.9. The van der Waals surface area contributed by atoms with Gasteiger partial charge in [0.1, 0.15) is 15.9 Å². The number of aromatic nitrogens is 3. The summed E-state index contributed by atoms with van der Waals surface area (Å²) in [6.45, 7) is 2.57. The number of benzene rings is 1. The van der Waals surface area contributed by atoms with Crippen molar-refractivity contribution in [1.29, 1.82) is 0 Å². The molecule has 0 spiro atoms. The number of hydrogen-bond donors (Lipinski definition) is 0. The minimum atomic E-state index is 0.613. The van der Waals surface area contributed by atoms with Crippen molar-refractivity contribution in [2.75, 3.05) is 0 Å². The molecule has 0 atom stereocenters. The van der Waals surface area contributed by atoms with Gasteiger partial charge < -0.3 is 4.57 Å². The molecular formula is C14H10BrCl2N3. The summed E-state index contributed by atoms with van der Waals surface area (Å²) in [6, 6.07) is 9.33. The summed E-state index contributed by atoms with van der Waals surface area (Å²) in [7, 11) is 0. The molecule has 0 bridgehead atoms. The topological polar surface area (TPSA) is 30.7 Å². The third-order valence-corrected chi connectivity index (χ3v) is 4.12. The maximum absolute atomic E-state index is 6.23. The van der Waals surface area contributed by atoms with Crippen LogP contribution < -0.4 is 0 Å². The second-order valence-electron chi connectivity index (χ2n) is 4.46. The van der Waals surface area contributed by atoms with Gasteiger partial charge in [0.05, 0.1) is 6.54 Å². The van der Waals surface area contributed by atoms with E-state index in [0.29, 0.717) is 16.6 Å². The molecule has 6 heteroatoms. The Morgan fingerprint density at radius 2 is 1.95 bits per heavy atom. The molecular weight excluding hydrogens is 361 g/mol. The van der Waals surface area contributed by atoms with E-state index in [9.17, 15) is 0 Å². The highest BCUT2D eigenvalue weighted by molar-refractivity contribution is 9.10. The van der Waals surface area contributed by atoms with Crippen molar-refractivity contribution in [2.45, 2.75) is 13.5 Å². The van der Waals surface area contributed by atoms with Gasteiger partial charge in [0.15, 0.2) is 5.65 Å². The third-order valence-electron chi connectivity index (χ3n) is 3.09. The van der Waals surface area contributed by atoms with Gasteiger partial charge >= 0.3 is 0 Å². The lowest BCUT2D eigenvalue weighted by Gasteiger charge is -2.08. The predicted octanol–water partition coefficient (Wildman–Crippen LogP) is 4.86. The first kappa shape index (κ1) is 13.9. The van der Waals surface area contributed by atoms with Crippen molar-refractivity contribution in [3.63, 3.8) is 0 Å². The molecule has 0 N–H and O–H groups in total. The summed E-state index contributed by atoms with van der Waals surface area (Å²) in [4.78, 5) is 9.00. The number of halogens is 3. The van der Waals surface area contributed by atoms with E-state index in [1.165, 1.54) is 0 Å². The van der Waals surface area contributed by atoms with E-state index in [4.69, 9.17) is 23.2 Å². The minimum Gasteiger partial charge on any atom is -0.308 e. The zero-order valence-corrected chi connectivity index (χ0v) is 13.7.